The largest absolute Gasteiger partial charge is 0.452 e. The van der Waals surface area contributed by atoms with Gasteiger partial charge in [0.2, 0.25) is 0 Å². The van der Waals surface area contributed by atoms with E-state index in [1.165, 1.54) is 0 Å². The summed E-state index contributed by atoms with van der Waals surface area (Å²) < 4.78 is 5.92. The summed E-state index contributed by atoms with van der Waals surface area (Å²) in [7, 11) is 0. The Morgan fingerprint density at radius 2 is 1.91 bits per heavy atom. The monoisotopic (exact) mass is 361 g/mol. The Hall–Kier alpha value is -2.14. The number of halogens is 1. The molecule has 0 saturated heterocycles. The number of hydrogen-bond acceptors (Lipinski definition) is 3. The highest BCUT2D eigenvalue weighted by atomic mass is 79.9. The molecule has 0 radical (unpaired) electrons. The Kier molecular flexibility index (Phi) is 5.33. The van der Waals surface area contributed by atoms with E-state index < -0.39 is 5.97 Å². The van der Waals surface area contributed by atoms with E-state index in [1.807, 2.05) is 38.1 Å². The fourth-order valence-corrected chi connectivity index (χ4v) is 2.33. The van der Waals surface area contributed by atoms with Crippen LogP contribution < -0.4 is 5.32 Å². The quantitative estimate of drug-likeness (QED) is 0.841. The molecule has 2 aromatic carbocycles. The van der Waals surface area contributed by atoms with Gasteiger partial charge in [-0.2, -0.15) is 0 Å². The maximum atomic E-state index is 12.0. The van der Waals surface area contributed by atoms with Crippen LogP contribution in [0, 0.1) is 13.8 Å². The van der Waals surface area contributed by atoms with Crippen molar-refractivity contribution in [2.75, 3.05) is 11.9 Å². The molecule has 114 valence electrons. The number of amides is 1. The second kappa shape index (κ2) is 7.22. The lowest BCUT2D eigenvalue weighted by molar-refractivity contribution is -0.119. The molecule has 0 aromatic heterocycles. The predicted molar refractivity (Wildman–Crippen MR) is 89.0 cm³/mol. The summed E-state index contributed by atoms with van der Waals surface area (Å²) in [5.41, 5.74) is 2.91. The number of benzene rings is 2. The van der Waals surface area contributed by atoms with Crippen LogP contribution in [0.2, 0.25) is 0 Å². The molecule has 0 unspecified atom stereocenters. The highest BCUT2D eigenvalue weighted by Crippen LogP contribution is 2.16. The van der Waals surface area contributed by atoms with Crippen molar-refractivity contribution in [3.63, 3.8) is 0 Å². The molecule has 0 bridgehead atoms. The van der Waals surface area contributed by atoms with Crippen molar-refractivity contribution in [3.05, 3.63) is 63.6 Å². The molecule has 4 nitrogen and oxygen atoms in total. The van der Waals surface area contributed by atoms with Crippen molar-refractivity contribution < 1.29 is 14.3 Å². The molecule has 0 aliphatic rings. The molecule has 0 saturated carbocycles. The van der Waals surface area contributed by atoms with E-state index in [1.54, 1.807) is 18.2 Å². The van der Waals surface area contributed by atoms with Gasteiger partial charge in [0, 0.05) is 10.2 Å². The minimum atomic E-state index is -0.495. The van der Waals surface area contributed by atoms with Gasteiger partial charge in [-0.15, -0.1) is 0 Å². The number of hydrogen-bond donors (Lipinski definition) is 1. The van der Waals surface area contributed by atoms with Crippen LogP contribution in [0.5, 0.6) is 0 Å². The van der Waals surface area contributed by atoms with E-state index >= 15 is 0 Å². The summed E-state index contributed by atoms with van der Waals surface area (Å²) in [4.78, 5) is 23.8. The van der Waals surface area contributed by atoms with E-state index in [2.05, 4.69) is 21.2 Å². The van der Waals surface area contributed by atoms with E-state index in [0.717, 1.165) is 15.6 Å². The summed E-state index contributed by atoms with van der Waals surface area (Å²) in [6, 6.07) is 12.7. The zero-order valence-corrected chi connectivity index (χ0v) is 13.9. The number of aryl methyl sites for hydroxylation is 2. The van der Waals surface area contributed by atoms with Gasteiger partial charge in [0.15, 0.2) is 6.61 Å². The van der Waals surface area contributed by atoms with Gasteiger partial charge in [0.1, 0.15) is 0 Å². The van der Waals surface area contributed by atoms with E-state index in [0.29, 0.717) is 11.3 Å². The second-order valence-electron chi connectivity index (χ2n) is 4.95. The average molecular weight is 362 g/mol. The normalized spacial score (nSPS) is 10.1. The zero-order valence-electron chi connectivity index (χ0n) is 12.4. The zero-order chi connectivity index (χ0) is 16.1. The molecule has 2 aromatic rings. The summed E-state index contributed by atoms with van der Waals surface area (Å²) in [5.74, 6) is -0.873. The third-order valence-corrected chi connectivity index (χ3v) is 3.55. The number of rotatable bonds is 4. The number of carbonyl (C=O) groups excluding carboxylic acids is 2. The summed E-state index contributed by atoms with van der Waals surface area (Å²) in [5, 5.41) is 2.67. The first kappa shape index (κ1) is 16.2. The van der Waals surface area contributed by atoms with Gasteiger partial charge in [0.25, 0.3) is 5.91 Å². The van der Waals surface area contributed by atoms with Crippen LogP contribution in [0.15, 0.2) is 46.9 Å². The minimum absolute atomic E-state index is 0.321. The summed E-state index contributed by atoms with van der Waals surface area (Å²) in [6.45, 7) is 3.41. The fourth-order valence-electron chi connectivity index (χ4n) is 1.93. The molecule has 2 rings (SSSR count). The van der Waals surface area contributed by atoms with Crippen LogP contribution in [0.4, 0.5) is 5.69 Å². The Morgan fingerprint density at radius 3 is 2.64 bits per heavy atom. The lowest BCUT2D eigenvalue weighted by Crippen LogP contribution is -2.21. The molecular formula is C17H16BrNO3. The molecule has 5 heteroatoms. The maximum Gasteiger partial charge on any atom is 0.338 e. The molecule has 0 heterocycles. The van der Waals surface area contributed by atoms with Gasteiger partial charge in [0.05, 0.1) is 5.56 Å². The first-order valence-corrected chi connectivity index (χ1v) is 7.55. The molecule has 0 aliphatic carbocycles. The lowest BCUT2D eigenvalue weighted by atomic mass is 10.1. The highest BCUT2D eigenvalue weighted by molar-refractivity contribution is 9.10. The van der Waals surface area contributed by atoms with Crippen LogP contribution in [0.1, 0.15) is 21.5 Å². The van der Waals surface area contributed by atoms with Gasteiger partial charge in [-0.05, 0) is 43.7 Å². The standard InChI is InChI=1S/C17H16BrNO3/c1-11-6-7-12(2)15(8-11)17(21)22-10-16(20)19-14-5-3-4-13(18)9-14/h3-9H,10H2,1-2H3,(H,19,20). The number of anilines is 1. The topological polar surface area (TPSA) is 55.4 Å². The molecule has 0 fully saturated rings. The van der Waals surface area contributed by atoms with Crippen LogP contribution in [-0.2, 0) is 9.53 Å². The van der Waals surface area contributed by atoms with E-state index in [4.69, 9.17) is 4.74 Å². The van der Waals surface area contributed by atoms with Crippen molar-refractivity contribution in [2.24, 2.45) is 0 Å². The Balaban J connectivity index is 1.93. The third kappa shape index (κ3) is 4.43. The van der Waals surface area contributed by atoms with E-state index in [9.17, 15) is 9.59 Å². The number of carbonyl (C=O) groups is 2. The number of esters is 1. The smallest absolute Gasteiger partial charge is 0.338 e. The number of nitrogens with one attached hydrogen (secondary N) is 1. The Labute approximate surface area is 137 Å². The third-order valence-electron chi connectivity index (χ3n) is 3.06. The van der Waals surface area contributed by atoms with Crippen molar-refractivity contribution in [1.29, 1.82) is 0 Å². The SMILES string of the molecule is Cc1ccc(C)c(C(=O)OCC(=O)Nc2cccc(Br)c2)c1. The van der Waals surface area contributed by atoms with Crippen LogP contribution in [0.3, 0.4) is 0 Å². The minimum Gasteiger partial charge on any atom is -0.452 e. The highest BCUT2D eigenvalue weighted by Gasteiger charge is 2.13. The first-order chi connectivity index (χ1) is 10.5. The van der Waals surface area contributed by atoms with Gasteiger partial charge >= 0.3 is 5.97 Å². The Morgan fingerprint density at radius 1 is 1.14 bits per heavy atom. The lowest BCUT2D eigenvalue weighted by Gasteiger charge is -2.09. The first-order valence-electron chi connectivity index (χ1n) is 6.75. The molecule has 22 heavy (non-hydrogen) atoms. The maximum absolute atomic E-state index is 12.0. The summed E-state index contributed by atoms with van der Waals surface area (Å²) >= 11 is 3.32. The molecule has 1 N–H and O–H groups in total. The van der Waals surface area contributed by atoms with Gasteiger partial charge in [-0.1, -0.05) is 39.7 Å². The van der Waals surface area contributed by atoms with Crippen molar-refractivity contribution in [3.8, 4) is 0 Å². The van der Waals surface area contributed by atoms with Crippen molar-refractivity contribution >= 4 is 33.5 Å². The van der Waals surface area contributed by atoms with Crippen molar-refractivity contribution in [2.45, 2.75) is 13.8 Å². The van der Waals surface area contributed by atoms with Gasteiger partial charge in [-0.3, -0.25) is 4.79 Å². The molecule has 0 aliphatic heterocycles. The van der Waals surface area contributed by atoms with Gasteiger partial charge < -0.3 is 10.1 Å². The predicted octanol–water partition coefficient (Wildman–Crippen LogP) is 3.86. The van der Waals surface area contributed by atoms with E-state index in [-0.39, 0.29) is 12.5 Å². The van der Waals surface area contributed by atoms with Crippen LogP contribution >= 0.6 is 15.9 Å². The van der Waals surface area contributed by atoms with Crippen molar-refractivity contribution in [1.82, 2.24) is 0 Å². The van der Waals surface area contributed by atoms with Crippen LogP contribution in [0.25, 0.3) is 0 Å². The second-order valence-corrected chi connectivity index (χ2v) is 5.87. The molecule has 1 amide bonds. The molecule has 0 atom stereocenters. The van der Waals surface area contributed by atoms with Crippen LogP contribution in [-0.4, -0.2) is 18.5 Å². The Bertz CT molecular complexity index is 713. The number of ether oxygens (including phenoxy) is 1. The summed E-state index contributed by atoms with van der Waals surface area (Å²) in [6.07, 6.45) is 0. The van der Waals surface area contributed by atoms with Gasteiger partial charge in [-0.25, -0.2) is 4.79 Å². The molecular weight excluding hydrogens is 346 g/mol. The molecule has 0 spiro atoms. The average Bonchev–Trinajstić information content (AvgIpc) is 2.47. The fraction of sp³-hybridized carbons (Fsp3) is 0.176.